The molecule has 10 nitrogen and oxygen atoms in total. The van der Waals surface area contributed by atoms with Crippen molar-refractivity contribution in [3.05, 3.63) is 82.2 Å². The molecule has 2 aromatic heterocycles. The van der Waals surface area contributed by atoms with E-state index in [2.05, 4.69) is 20.3 Å². The number of nitrogens with zero attached hydrogens (tertiary/aromatic N) is 4. The zero-order valence-corrected chi connectivity index (χ0v) is 22.5. The van der Waals surface area contributed by atoms with Crippen molar-refractivity contribution >= 4 is 35.0 Å². The second kappa shape index (κ2) is 12.3. The van der Waals surface area contributed by atoms with Crippen LogP contribution in [0, 0.1) is 5.82 Å². The van der Waals surface area contributed by atoms with Gasteiger partial charge < -0.3 is 29.8 Å². The van der Waals surface area contributed by atoms with Crippen molar-refractivity contribution in [1.29, 1.82) is 0 Å². The van der Waals surface area contributed by atoms with E-state index in [9.17, 15) is 19.7 Å². The molecule has 0 amide bonds. The largest absolute Gasteiger partial charge is 0.394 e. The van der Waals surface area contributed by atoms with Crippen molar-refractivity contribution in [3.8, 4) is 11.3 Å². The van der Waals surface area contributed by atoms with Gasteiger partial charge in [-0.25, -0.2) is 14.1 Å². The molecule has 0 spiro atoms. The number of thioether (sulfide) groups is 1. The number of benzene rings is 2. The van der Waals surface area contributed by atoms with Crippen LogP contribution < -0.4 is 0 Å². The fraction of sp³-hybridized carbons (Fsp3) is 0.320. The Morgan fingerprint density at radius 3 is 2.69 bits per heavy atom. The van der Waals surface area contributed by atoms with Gasteiger partial charge in [0.05, 0.1) is 29.5 Å². The molecule has 1 aliphatic rings. The highest BCUT2D eigenvalue weighted by Gasteiger charge is 2.46. The summed E-state index contributed by atoms with van der Waals surface area (Å²) in [5.74, 6) is 0.170. The molecule has 0 saturated carbocycles. The maximum absolute atomic E-state index is 14.4. The number of aromatic amines is 1. The molecule has 0 bridgehead atoms. The molecule has 1 saturated heterocycles. The van der Waals surface area contributed by atoms with Crippen molar-refractivity contribution < 1.29 is 29.2 Å². The molecule has 3 heterocycles. The lowest BCUT2D eigenvalue weighted by Crippen LogP contribution is -2.55. The first kappa shape index (κ1) is 28.0. The molecule has 1 fully saturated rings. The number of aliphatic hydroxyl groups excluding tert-OH is 3. The predicted octanol–water partition coefficient (Wildman–Crippen LogP) is 3.60. The summed E-state index contributed by atoms with van der Waals surface area (Å²) in [6.45, 7) is -0.111. The van der Waals surface area contributed by atoms with Gasteiger partial charge in [-0.05, 0) is 42.0 Å². The molecule has 2 aromatic carbocycles. The van der Waals surface area contributed by atoms with Crippen LogP contribution in [0.4, 0.5) is 4.39 Å². The monoisotopic (exact) mass is 595 g/mol. The Morgan fingerprint density at radius 2 is 1.95 bits per heavy atom. The molecule has 1 aliphatic heterocycles. The molecular formula is C25H24Cl2FN5O5S. The molecule has 0 aliphatic carbocycles. The van der Waals surface area contributed by atoms with Crippen molar-refractivity contribution in [2.75, 3.05) is 6.61 Å². The van der Waals surface area contributed by atoms with Crippen LogP contribution in [0.3, 0.4) is 0 Å². The van der Waals surface area contributed by atoms with Gasteiger partial charge in [-0.3, -0.25) is 0 Å². The van der Waals surface area contributed by atoms with Gasteiger partial charge >= 0.3 is 0 Å². The minimum atomic E-state index is -1.30. The van der Waals surface area contributed by atoms with E-state index in [-0.39, 0.29) is 13.2 Å². The standard InChI is InChI=1S/C25H24Cl2FN5O5S/c26-17-2-1-16(8-18(17)27)39-25-24(36)22(23(35)20(10-34)38-25)33-9-19(31-32-33)14-5-13(6-15(28)7-14)11-37-12-21-29-3-4-30-21/h1-9,20,22-25,34-36H,10-12H2,(H,29,30)/t20-,22+,23+,24-,25+/m1/s1. The molecule has 4 aromatic rings. The van der Waals surface area contributed by atoms with Crippen molar-refractivity contribution in [1.82, 2.24) is 25.0 Å². The summed E-state index contributed by atoms with van der Waals surface area (Å²) in [6.07, 6.45) is 1.24. The van der Waals surface area contributed by atoms with E-state index < -0.39 is 42.2 Å². The molecule has 0 unspecified atom stereocenters. The van der Waals surface area contributed by atoms with Crippen LogP contribution in [-0.4, -0.2) is 70.6 Å². The average Bonchev–Trinajstić information content (AvgIpc) is 3.61. The van der Waals surface area contributed by atoms with E-state index in [1.165, 1.54) is 23.0 Å². The minimum absolute atomic E-state index is 0.142. The first-order valence-corrected chi connectivity index (χ1v) is 13.5. The summed E-state index contributed by atoms with van der Waals surface area (Å²) in [5, 5.41) is 40.9. The van der Waals surface area contributed by atoms with E-state index in [4.69, 9.17) is 32.7 Å². The van der Waals surface area contributed by atoms with Crippen LogP contribution in [0.2, 0.25) is 10.0 Å². The first-order valence-electron chi connectivity index (χ1n) is 11.8. The maximum atomic E-state index is 14.4. The third-order valence-electron chi connectivity index (χ3n) is 6.12. The van der Waals surface area contributed by atoms with Gasteiger partial charge in [0, 0.05) is 22.9 Å². The van der Waals surface area contributed by atoms with Crippen LogP contribution in [0.5, 0.6) is 0 Å². The molecule has 206 valence electrons. The minimum Gasteiger partial charge on any atom is -0.394 e. The van der Waals surface area contributed by atoms with Crippen LogP contribution in [0.15, 0.2) is 59.9 Å². The number of nitrogens with one attached hydrogen (secondary N) is 1. The number of ether oxygens (including phenoxy) is 2. The molecule has 39 heavy (non-hydrogen) atoms. The fourth-order valence-corrected chi connectivity index (χ4v) is 5.70. The molecule has 5 rings (SSSR count). The quantitative estimate of drug-likeness (QED) is 0.228. The molecule has 4 N–H and O–H groups in total. The SMILES string of the molecule is OC[C@H]1O[C@@H](Sc2ccc(Cl)c(Cl)c2)[C@H](O)[C@@H](n2cc(-c3cc(F)cc(COCc4ncc[nH]4)c3)nn2)[C@H]1O. The Bertz CT molecular complexity index is 1410. The normalized spacial score (nSPS) is 23.3. The third kappa shape index (κ3) is 6.44. The Morgan fingerprint density at radius 1 is 1.10 bits per heavy atom. The zero-order chi connectivity index (χ0) is 27.5. The van der Waals surface area contributed by atoms with Crippen molar-refractivity contribution in [3.63, 3.8) is 0 Å². The van der Waals surface area contributed by atoms with Gasteiger partial charge in [-0.2, -0.15) is 0 Å². The lowest BCUT2D eigenvalue weighted by molar-refractivity contribution is -0.178. The number of rotatable bonds is 9. The zero-order valence-electron chi connectivity index (χ0n) is 20.2. The van der Waals surface area contributed by atoms with Crippen LogP contribution >= 0.6 is 35.0 Å². The summed E-state index contributed by atoms with van der Waals surface area (Å²) in [5.41, 5.74) is 0.458. The van der Waals surface area contributed by atoms with E-state index in [0.29, 0.717) is 37.6 Å². The smallest absolute Gasteiger partial charge is 0.136 e. The van der Waals surface area contributed by atoms with Gasteiger partial charge in [0.1, 0.15) is 53.7 Å². The number of H-pyrrole nitrogens is 1. The summed E-state index contributed by atoms with van der Waals surface area (Å²) < 4.78 is 27.1. The Labute approximate surface area is 236 Å². The highest BCUT2D eigenvalue weighted by atomic mass is 35.5. The summed E-state index contributed by atoms with van der Waals surface area (Å²) in [6, 6.07) is 8.34. The number of hydrogen-bond acceptors (Lipinski definition) is 9. The van der Waals surface area contributed by atoms with E-state index in [1.807, 2.05) is 0 Å². The molecule has 14 heteroatoms. The second-order valence-corrected chi connectivity index (χ2v) is 10.8. The molecule has 0 radical (unpaired) electrons. The van der Waals surface area contributed by atoms with Crippen LogP contribution in [-0.2, 0) is 22.7 Å². The van der Waals surface area contributed by atoms with Gasteiger partial charge in [0.2, 0.25) is 0 Å². The number of hydrogen-bond donors (Lipinski definition) is 4. The van der Waals surface area contributed by atoms with Crippen molar-refractivity contribution in [2.24, 2.45) is 0 Å². The van der Waals surface area contributed by atoms with Crippen LogP contribution in [0.25, 0.3) is 11.3 Å². The second-order valence-electron chi connectivity index (χ2n) is 8.85. The number of halogens is 3. The summed E-state index contributed by atoms with van der Waals surface area (Å²) in [4.78, 5) is 7.68. The van der Waals surface area contributed by atoms with E-state index in [0.717, 1.165) is 11.8 Å². The van der Waals surface area contributed by atoms with Crippen LogP contribution in [0.1, 0.15) is 17.4 Å². The number of imidazole rings is 1. The summed E-state index contributed by atoms with van der Waals surface area (Å²) >= 11 is 13.3. The van der Waals surface area contributed by atoms with Crippen molar-refractivity contribution in [2.45, 2.75) is 47.9 Å². The number of aliphatic hydroxyl groups is 3. The third-order valence-corrected chi connectivity index (χ3v) is 8.01. The molecule has 5 atom stereocenters. The maximum Gasteiger partial charge on any atom is 0.136 e. The highest BCUT2D eigenvalue weighted by molar-refractivity contribution is 7.99. The summed E-state index contributed by atoms with van der Waals surface area (Å²) in [7, 11) is 0. The van der Waals surface area contributed by atoms with Gasteiger partial charge in [-0.1, -0.05) is 40.2 Å². The Balaban J connectivity index is 1.35. The topological polar surface area (TPSA) is 139 Å². The molecular weight excluding hydrogens is 572 g/mol. The predicted molar refractivity (Wildman–Crippen MR) is 142 cm³/mol. The fourth-order valence-electron chi connectivity index (χ4n) is 4.24. The van der Waals surface area contributed by atoms with Gasteiger partial charge in [-0.15, -0.1) is 5.10 Å². The van der Waals surface area contributed by atoms with Gasteiger partial charge in [0.25, 0.3) is 0 Å². The lowest BCUT2D eigenvalue weighted by atomic mass is 9.97. The van der Waals surface area contributed by atoms with E-state index in [1.54, 1.807) is 36.7 Å². The number of aromatic nitrogens is 5. The van der Waals surface area contributed by atoms with Gasteiger partial charge in [0.15, 0.2) is 0 Å². The highest BCUT2D eigenvalue weighted by Crippen LogP contribution is 2.39. The Hall–Kier alpha value is -2.55. The Kier molecular flexibility index (Phi) is 8.84. The lowest BCUT2D eigenvalue weighted by Gasteiger charge is -2.41. The first-order chi connectivity index (χ1) is 18.8. The van der Waals surface area contributed by atoms with E-state index >= 15 is 0 Å². The average molecular weight is 596 g/mol.